The molecular formula is C18H27N3O. The van der Waals surface area contributed by atoms with Gasteiger partial charge in [0.15, 0.2) is 0 Å². The van der Waals surface area contributed by atoms with E-state index in [1.165, 1.54) is 24.8 Å². The second kappa shape index (κ2) is 7.25. The van der Waals surface area contributed by atoms with Crippen LogP contribution in [0.3, 0.4) is 0 Å². The van der Waals surface area contributed by atoms with Crippen LogP contribution in [0.25, 0.3) is 0 Å². The van der Waals surface area contributed by atoms with Crippen LogP contribution in [0.1, 0.15) is 31.7 Å². The van der Waals surface area contributed by atoms with Gasteiger partial charge in [-0.25, -0.2) is 0 Å². The molecule has 1 aliphatic carbocycles. The van der Waals surface area contributed by atoms with Crippen LogP contribution in [0, 0.1) is 0 Å². The quantitative estimate of drug-likeness (QED) is 0.907. The highest BCUT2D eigenvalue weighted by atomic mass is 16.2. The van der Waals surface area contributed by atoms with Crippen molar-refractivity contribution in [3.8, 4) is 0 Å². The zero-order chi connectivity index (χ0) is 15.4. The summed E-state index contributed by atoms with van der Waals surface area (Å²) in [4.78, 5) is 17.1. The number of hydrogen-bond donors (Lipinski definition) is 1. The summed E-state index contributed by atoms with van der Waals surface area (Å²) in [5, 5.41) is 3.03. The number of amides is 1. The summed E-state index contributed by atoms with van der Waals surface area (Å²) in [6.07, 6.45) is 5.12. The van der Waals surface area contributed by atoms with Crippen LogP contribution in [0.5, 0.6) is 0 Å². The summed E-state index contributed by atoms with van der Waals surface area (Å²) in [6, 6.07) is 8.95. The van der Waals surface area contributed by atoms with Crippen LogP contribution in [-0.2, 0) is 11.2 Å². The van der Waals surface area contributed by atoms with E-state index < -0.39 is 0 Å². The molecule has 1 aliphatic heterocycles. The lowest BCUT2D eigenvalue weighted by molar-refractivity contribution is -0.117. The fraction of sp³-hybridized carbons (Fsp3) is 0.611. The van der Waals surface area contributed by atoms with E-state index >= 15 is 0 Å². The molecule has 3 rings (SSSR count). The number of piperazine rings is 1. The van der Waals surface area contributed by atoms with Crippen LogP contribution in [0.2, 0.25) is 0 Å². The predicted molar refractivity (Wildman–Crippen MR) is 90.1 cm³/mol. The minimum atomic E-state index is 0.102. The van der Waals surface area contributed by atoms with Gasteiger partial charge in [0.05, 0.1) is 6.54 Å². The molecule has 0 bridgehead atoms. The second-order valence-electron chi connectivity index (χ2n) is 6.50. The van der Waals surface area contributed by atoms with E-state index in [9.17, 15) is 4.79 Å². The average Bonchev–Trinajstić information content (AvgIpc) is 2.47. The lowest BCUT2D eigenvalue weighted by atomic mass is 9.91. The van der Waals surface area contributed by atoms with E-state index in [0.717, 1.165) is 44.3 Å². The molecule has 120 valence electrons. The molecule has 1 aromatic carbocycles. The van der Waals surface area contributed by atoms with Crippen LogP contribution in [-0.4, -0.2) is 54.5 Å². The van der Waals surface area contributed by atoms with Crippen molar-refractivity contribution in [2.24, 2.45) is 0 Å². The zero-order valence-electron chi connectivity index (χ0n) is 13.6. The van der Waals surface area contributed by atoms with Gasteiger partial charge in [-0.3, -0.25) is 14.6 Å². The fourth-order valence-electron chi connectivity index (χ4n) is 3.31. The van der Waals surface area contributed by atoms with Crippen molar-refractivity contribution in [3.63, 3.8) is 0 Å². The molecule has 4 heteroatoms. The Kier molecular flexibility index (Phi) is 5.11. The second-order valence-corrected chi connectivity index (χ2v) is 6.50. The first-order valence-corrected chi connectivity index (χ1v) is 8.60. The molecule has 0 radical (unpaired) electrons. The molecular weight excluding hydrogens is 274 g/mol. The number of rotatable bonds is 5. The number of nitrogens with zero attached hydrogens (tertiary/aromatic N) is 2. The maximum atomic E-state index is 12.2. The highest BCUT2D eigenvalue weighted by molar-refractivity contribution is 5.92. The molecule has 1 amide bonds. The van der Waals surface area contributed by atoms with E-state index in [-0.39, 0.29) is 5.91 Å². The number of hydrogen-bond acceptors (Lipinski definition) is 3. The normalized spacial score (nSPS) is 20.6. The van der Waals surface area contributed by atoms with E-state index in [2.05, 4.69) is 34.2 Å². The number of nitrogens with one attached hydrogen (secondary N) is 1. The standard InChI is InChI=1S/C18H27N3O/c1-2-15-5-3-6-16(13-15)19-18(22)14-20-9-11-21(12-10-20)17-7-4-8-17/h3,5-6,13,17H,2,4,7-12,14H2,1H3,(H,19,22). The van der Waals surface area contributed by atoms with Crippen molar-refractivity contribution in [2.45, 2.75) is 38.6 Å². The van der Waals surface area contributed by atoms with Gasteiger partial charge in [-0.05, 0) is 37.0 Å². The molecule has 0 atom stereocenters. The number of anilines is 1. The van der Waals surface area contributed by atoms with Gasteiger partial charge in [0.1, 0.15) is 0 Å². The summed E-state index contributed by atoms with van der Waals surface area (Å²) in [5.41, 5.74) is 2.17. The zero-order valence-corrected chi connectivity index (χ0v) is 13.6. The number of benzene rings is 1. The van der Waals surface area contributed by atoms with Gasteiger partial charge in [-0.2, -0.15) is 0 Å². The van der Waals surface area contributed by atoms with Gasteiger partial charge in [0.2, 0.25) is 5.91 Å². The first kappa shape index (κ1) is 15.5. The Labute approximate surface area is 133 Å². The van der Waals surface area contributed by atoms with Gasteiger partial charge in [0, 0.05) is 37.9 Å². The molecule has 2 aliphatic rings. The lowest BCUT2D eigenvalue weighted by Gasteiger charge is -2.42. The molecule has 0 spiro atoms. The maximum absolute atomic E-state index is 12.2. The van der Waals surface area contributed by atoms with Crippen LogP contribution >= 0.6 is 0 Å². The Morgan fingerprint density at radius 2 is 2.00 bits per heavy atom. The Morgan fingerprint density at radius 1 is 1.23 bits per heavy atom. The minimum absolute atomic E-state index is 0.102. The van der Waals surface area contributed by atoms with Gasteiger partial charge < -0.3 is 5.32 Å². The van der Waals surface area contributed by atoms with Crippen molar-refractivity contribution in [2.75, 3.05) is 38.0 Å². The van der Waals surface area contributed by atoms with Crippen molar-refractivity contribution in [1.29, 1.82) is 0 Å². The first-order chi connectivity index (χ1) is 10.7. The molecule has 0 aromatic heterocycles. The van der Waals surface area contributed by atoms with E-state index in [1.807, 2.05) is 12.1 Å². The summed E-state index contributed by atoms with van der Waals surface area (Å²) in [5.74, 6) is 0.102. The van der Waals surface area contributed by atoms with Gasteiger partial charge >= 0.3 is 0 Å². The minimum Gasteiger partial charge on any atom is -0.325 e. The van der Waals surface area contributed by atoms with E-state index in [4.69, 9.17) is 0 Å². The largest absolute Gasteiger partial charge is 0.325 e. The Balaban J connectivity index is 1.44. The summed E-state index contributed by atoms with van der Waals surface area (Å²) in [6.45, 7) is 6.89. The lowest BCUT2D eigenvalue weighted by Crippen LogP contribution is -2.53. The maximum Gasteiger partial charge on any atom is 0.238 e. The topological polar surface area (TPSA) is 35.6 Å². The van der Waals surface area contributed by atoms with Crippen LogP contribution in [0.4, 0.5) is 5.69 Å². The average molecular weight is 301 g/mol. The van der Waals surface area contributed by atoms with Crippen LogP contribution < -0.4 is 5.32 Å². The predicted octanol–water partition coefficient (Wildman–Crippen LogP) is 2.36. The number of carbonyl (C=O) groups excluding carboxylic acids is 1. The molecule has 22 heavy (non-hydrogen) atoms. The first-order valence-electron chi connectivity index (χ1n) is 8.60. The van der Waals surface area contributed by atoms with Crippen LogP contribution in [0.15, 0.2) is 24.3 Å². The molecule has 1 heterocycles. The third-order valence-corrected chi connectivity index (χ3v) is 4.98. The Hall–Kier alpha value is -1.39. The number of carbonyl (C=O) groups is 1. The van der Waals surface area contributed by atoms with Gasteiger partial charge in [-0.1, -0.05) is 25.5 Å². The third kappa shape index (κ3) is 3.87. The molecule has 4 nitrogen and oxygen atoms in total. The Bertz CT molecular complexity index is 505. The van der Waals surface area contributed by atoms with Gasteiger partial charge in [0.25, 0.3) is 0 Å². The fourth-order valence-corrected chi connectivity index (χ4v) is 3.31. The Morgan fingerprint density at radius 3 is 2.64 bits per heavy atom. The van der Waals surface area contributed by atoms with Crippen molar-refractivity contribution in [1.82, 2.24) is 9.80 Å². The molecule has 0 unspecified atom stereocenters. The van der Waals surface area contributed by atoms with E-state index in [1.54, 1.807) is 0 Å². The molecule has 2 fully saturated rings. The van der Waals surface area contributed by atoms with Crippen molar-refractivity contribution < 1.29 is 4.79 Å². The molecule has 1 saturated heterocycles. The summed E-state index contributed by atoms with van der Waals surface area (Å²) < 4.78 is 0. The van der Waals surface area contributed by atoms with E-state index in [0.29, 0.717) is 6.54 Å². The molecule has 1 saturated carbocycles. The van der Waals surface area contributed by atoms with Gasteiger partial charge in [-0.15, -0.1) is 0 Å². The highest BCUT2D eigenvalue weighted by Gasteiger charge is 2.28. The van der Waals surface area contributed by atoms with Crippen molar-refractivity contribution in [3.05, 3.63) is 29.8 Å². The summed E-state index contributed by atoms with van der Waals surface area (Å²) in [7, 11) is 0. The summed E-state index contributed by atoms with van der Waals surface area (Å²) >= 11 is 0. The highest BCUT2D eigenvalue weighted by Crippen LogP contribution is 2.25. The van der Waals surface area contributed by atoms with Crippen molar-refractivity contribution >= 4 is 11.6 Å². The SMILES string of the molecule is CCc1cccc(NC(=O)CN2CCN(C3CCC3)CC2)c1. The molecule has 1 N–H and O–H groups in total. The monoisotopic (exact) mass is 301 g/mol. The third-order valence-electron chi connectivity index (χ3n) is 4.98. The smallest absolute Gasteiger partial charge is 0.238 e. The number of aryl methyl sites for hydroxylation is 1. The molecule has 1 aromatic rings.